The van der Waals surface area contributed by atoms with Crippen molar-refractivity contribution in [3.05, 3.63) is 76.2 Å². The van der Waals surface area contributed by atoms with Crippen molar-refractivity contribution in [1.82, 2.24) is 20.5 Å². The number of pyridine rings is 1. The summed E-state index contributed by atoms with van der Waals surface area (Å²) in [6, 6.07) is 13.1. The largest absolute Gasteiger partial charge is 0.343 e. The van der Waals surface area contributed by atoms with Gasteiger partial charge in [0.2, 0.25) is 5.91 Å². The first-order valence-electron chi connectivity index (χ1n) is 10.5. The minimum Gasteiger partial charge on any atom is -0.343 e. The predicted molar refractivity (Wildman–Crippen MR) is 127 cm³/mol. The molecule has 5 rings (SSSR count). The summed E-state index contributed by atoms with van der Waals surface area (Å²) >= 11 is 1.51. The number of likely N-dealkylation sites (tertiary alicyclic amines) is 1. The van der Waals surface area contributed by atoms with Crippen LogP contribution in [0.5, 0.6) is 0 Å². The number of amides is 2. The van der Waals surface area contributed by atoms with Crippen molar-refractivity contribution in [1.29, 1.82) is 5.41 Å². The fourth-order valence-electron chi connectivity index (χ4n) is 4.51. The second kappa shape index (κ2) is 8.19. The Balaban J connectivity index is 1.52. The third-order valence-electron chi connectivity index (χ3n) is 6.04. The molecule has 1 aromatic carbocycles. The molecule has 8 heteroatoms. The van der Waals surface area contributed by atoms with E-state index < -0.39 is 11.5 Å². The number of aromatic nitrogens is 1. The number of hydrogen-bond acceptors (Lipinski definition) is 5. The zero-order valence-corrected chi connectivity index (χ0v) is 18.7. The number of benzene rings is 1. The quantitative estimate of drug-likeness (QED) is 0.529. The van der Waals surface area contributed by atoms with Gasteiger partial charge in [0, 0.05) is 47.1 Å². The van der Waals surface area contributed by atoms with Gasteiger partial charge in [-0.15, -0.1) is 17.3 Å². The van der Waals surface area contributed by atoms with E-state index in [-0.39, 0.29) is 24.3 Å². The van der Waals surface area contributed by atoms with E-state index in [1.54, 1.807) is 36.4 Å². The van der Waals surface area contributed by atoms with Crippen molar-refractivity contribution < 1.29 is 9.59 Å². The molecule has 2 fully saturated rings. The number of fused-ring (bicyclic) bond motifs is 1. The Hall–Kier alpha value is -3.96. The number of rotatable bonds is 3. The van der Waals surface area contributed by atoms with Gasteiger partial charge in [-0.2, -0.15) is 0 Å². The van der Waals surface area contributed by atoms with Crippen LogP contribution in [0.15, 0.2) is 60.2 Å². The molecular weight excluding hydrogens is 434 g/mol. The molecule has 33 heavy (non-hydrogen) atoms. The molecule has 2 aliphatic heterocycles. The summed E-state index contributed by atoms with van der Waals surface area (Å²) in [4.78, 5) is 33.0. The molecule has 1 unspecified atom stereocenters. The third kappa shape index (κ3) is 3.66. The van der Waals surface area contributed by atoms with Crippen LogP contribution in [0.4, 0.5) is 0 Å². The van der Waals surface area contributed by atoms with Crippen molar-refractivity contribution in [3.63, 3.8) is 0 Å². The Kier molecular flexibility index (Phi) is 5.19. The first kappa shape index (κ1) is 20.9. The maximum Gasteiger partial charge on any atom is 0.253 e. The number of nitrogens with one attached hydrogen (secondary N) is 3. The average molecular weight is 456 g/mol. The Morgan fingerprint density at radius 2 is 2.06 bits per heavy atom. The highest BCUT2D eigenvalue weighted by atomic mass is 32.1. The summed E-state index contributed by atoms with van der Waals surface area (Å²) in [6.07, 6.45) is 3.51. The Morgan fingerprint density at radius 3 is 2.85 bits per heavy atom. The molecule has 2 saturated heterocycles. The fraction of sp³-hybridized carbons (Fsp3) is 0.200. The summed E-state index contributed by atoms with van der Waals surface area (Å²) in [5.41, 5.74) is 2.43. The Morgan fingerprint density at radius 1 is 1.24 bits per heavy atom. The fourth-order valence-corrected chi connectivity index (χ4v) is 5.63. The van der Waals surface area contributed by atoms with Crippen molar-refractivity contribution in [2.75, 3.05) is 13.1 Å². The van der Waals surface area contributed by atoms with E-state index in [0.29, 0.717) is 12.1 Å². The van der Waals surface area contributed by atoms with Crippen LogP contribution in [0.3, 0.4) is 0 Å². The topological polar surface area (TPSA) is 98.2 Å². The second-order valence-electron chi connectivity index (χ2n) is 8.10. The molecule has 3 N–H and O–H groups in total. The van der Waals surface area contributed by atoms with Gasteiger partial charge < -0.3 is 10.2 Å². The van der Waals surface area contributed by atoms with Gasteiger partial charge in [0.15, 0.2) is 5.96 Å². The van der Waals surface area contributed by atoms with Crippen molar-refractivity contribution in [2.45, 2.75) is 12.5 Å². The van der Waals surface area contributed by atoms with Crippen LogP contribution in [-0.2, 0) is 10.3 Å². The molecule has 7 nitrogen and oxygen atoms in total. The lowest BCUT2D eigenvalue weighted by Gasteiger charge is -2.38. The van der Waals surface area contributed by atoms with E-state index in [0.717, 1.165) is 21.6 Å². The highest BCUT2D eigenvalue weighted by Gasteiger charge is 2.56. The summed E-state index contributed by atoms with van der Waals surface area (Å²) in [5, 5.41) is 16.0. The van der Waals surface area contributed by atoms with E-state index in [4.69, 9.17) is 5.41 Å². The Bertz CT molecular complexity index is 1320. The average Bonchev–Trinajstić information content (AvgIpc) is 3.46. The molecule has 2 aliphatic rings. The van der Waals surface area contributed by atoms with Gasteiger partial charge in [-0.05, 0) is 42.1 Å². The highest BCUT2D eigenvalue weighted by Crippen LogP contribution is 2.43. The standard InChI is InChI=1S/C25H21N5O2S/c1-2-6-16-9-18(12-27-11-16)19-10-21(33-14-19)25-15-30(23(32)17-7-4-3-5-8-17)13-20(25)22(31)28-24(26)29-25/h3-5,7-12,14,20H,13,15H2,1H3,(H3,26,28,29,31)/t20?,25-/m0/s1. The van der Waals surface area contributed by atoms with E-state index in [1.165, 1.54) is 11.3 Å². The van der Waals surface area contributed by atoms with Crippen LogP contribution in [0.1, 0.15) is 27.7 Å². The van der Waals surface area contributed by atoms with E-state index in [1.807, 2.05) is 35.7 Å². The van der Waals surface area contributed by atoms with Crippen molar-refractivity contribution in [3.8, 4) is 23.0 Å². The summed E-state index contributed by atoms with van der Waals surface area (Å²) in [5.74, 6) is 4.96. The monoisotopic (exact) mass is 455 g/mol. The normalized spacial score (nSPS) is 21.5. The smallest absolute Gasteiger partial charge is 0.253 e. The van der Waals surface area contributed by atoms with E-state index in [9.17, 15) is 9.59 Å². The molecule has 0 bridgehead atoms. The molecule has 4 heterocycles. The van der Waals surface area contributed by atoms with E-state index in [2.05, 4.69) is 27.5 Å². The van der Waals surface area contributed by atoms with Gasteiger partial charge in [0.05, 0.1) is 5.92 Å². The molecule has 0 saturated carbocycles. The summed E-state index contributed by atoms with van der Waals surface area (Å²) < 4.78 is 0. The number of carbonyl (C=O) groups excluding carboxylic acids is 2. The Labute approximate surface area is 195 Å². The van der Waals surface area contributed by atoms with Crippen LogP contribution in [0.25, 0.3) is 11.1 Å². The van der Waals surface area contributed by atoms with Gasteiger partial charge in [-0.25, -0.2) is 0 Å². The molecule has 0 radical (unpaired) electrons. The molecule has 2 aromatic heterocycles. The van der Waals surface area contributed by atoms with E-state index >= 15 is 0 Å². The van der Waals surface area contributed by atoms with Crippen molar-refractivity contribution >= 4 is 29.1 Å². The number of carbonyl (C=O) groups is 2. The van der Waals surface area contributed by atoms with Crippen LogP contribution in [0.2, 0.25) is 0 Å². The first-order valence-corrected chi connectivity index (χ1v) is 11.4. The van der Waals surface area contributed by atoms with Crippen molar-refractivity contribution in [2.24, 2.45) is 5.92 Å². The highest BCUT2D eigenvalue weighted by molar-refractivity contribution is 7.10. The third-order valence-corrected chi connectivity index (χ3v) is 7.15. The second-order valence-corrected chi connectivity index (χ2v) is 9.01. The number of guanidine groups is 1. The molecule has 2 atom stereocenters. The van der Waals surface area contributed by atoms with Gasteiger partial charge in [0.1, 0.15) is 5.54 Å². The lowest BCUT2D eigenvalue weighted by molar-refractivity contribution is -0.126. The lowest BCUT2D eigenvalue weighted by Crippen LogP contribution is -2.64. The van der Waals surface area contributed by atoms with Gasteiger partial charge in [-0.1, -0.05) is 24.1 Å². The van der Waals surface area contributed by atoms with Gasteiger partial charge >= 0.3 is 0 Å². The molecule has 3 aromatic rings. The SMILES string of the molecule is CC#Cc1cncc(-c2csc([C@]34CN(C(=O)c5ccccc5)CC3C(=O)NC(=N)N4)c2)c1. The molecule has 0 aliphatic carbocycles. The van der Waals surface area contributed by atoms with Crippen LogP contribution < -0.4 is 10.6 Å². The molecular formula is C25H21N5O2S. The van der Waals surface area contributed by atoms with Gasteiger partial charge in [-0.3, -0.25) is 25.3 Å². The number of thiophene rings is 1. The minimum absolute atomic E-state index is 0.0536. The molecule has 0 spiro atoms. The van der Waals surface area contributed by atoms with Crippen LogP contribution >= 0.6 is 11.3 Å². The van der Waals surface area contributed by atoms with Gasteiger partial charge in [0.25, 0.3) is 5.91 Å². The molecule has 164 valence electrons. The zero-order valence-electron chi connectivity index (χ0n) is 17.9. The van der Waals surface area contributed by atoms with Crippen LogP contribution in [-0.4, -0.2) is 40.7 Å². The molecule has 2 amide bonds. The number of hydrogen-bond donors (Lipinski definition) is 3. The first-order chi connectivity index (χ1) is 16.0. The number of nitrogens with zero attached hydrogens (tertiary/aromatic N) is 2. The maximum absolute atomic E-state index is 13.2. The lowest BCUT2D eigenvalue weighted by atomic mass is 9.83. The maximum atomic E-state index is 13.2. The summed E-state index contributed by atoms with van der Waals surface area (Å²) in [7, 11) is 0. The minimum atomic E-state index is -0.860. The zero-order chi connectivity index (χ0) is 23.0. The predicted octanol–water partition coefficient (Wildman–Crippen LogP) is 2.80. The summed E-state index contributed by atoms with van der Waals surface area (Å²) in [6.45, 7) is 2.35. The van der Waals surface area contributed by atoms with Crippen LogP contribution in [0, 0.1) is 23.2 Å².